The summed E-state index contributed by atoms with van der Waals surface area (Å²) in [5.74, 6) is 0.628. The van der Waals surface area contributed by atoms with E-state index in [9.17, 15) is 4.79 Å². The van der Waals surface area contributed by atoms with Crippen LogP contribution in [-0.2, 0) is 12.6 Å². The quantitative estimate of drug-likeness (QED) is 0.469. The van der Waals surface area contributed by atoms with Crippen LogP contribution in [0, 0.1) is 0 Å². The molecule has 1 spiro atoms. The number of aromatic nitrogens is 4. The Hall–Kier alpha value is -3.78. The van der Waals surface area contributed by atoms with Crippen molar-refractivity contribution in [3.05, 3.63) is 72.8 Å². The summed E-state index contributed by atoms with van der Waals surface area (Å²) in [5, 5.41) is 4.33. The van der Waals surface area contributed by atoms with Gasteiger partial charge in [-0.15, -0.1) is 0 Å². The molecule has 184 valence electrons. The van der Waals surface area contributed by atoms with Crippen LogP contribution >= 0.6 is 0 Å². The first-order valence-corrected chi connectivity index (χ1v) is 12.5. The standard InChI is InChI=1S/C28H31N7O/c1-33(2)28(20-7-5-4-6-8-20)13-11-27(12-14-28)19-35(26(36)32-27)21-17-30-24(31-18-21)22-9-15-29-25-23(22)10-16-34(25)3/h4-10,15-18H,11-14,19H2,1-3H3,(H,32,36)/t27-,28-. The fourth-order valence-corrected chi connectivity index (χ4v) is 6.04. The van der Waals surface area contributed by atoms with Gasteiger partial charge in [-0.2, -0.15) is 0 Å². The van der Waals surface area contributed by atoms with Crippen LogP contribution < -0.4 is 10.2 Å². The van der Waals surface area contributed by atoms with Gasteiger partial charge in [0, 0.05) is 35.9 Å². The third-order valence-corrected chi connectivity index (χ3v) is 8.24. The summed E-state index contributed by atoms with van der Waals surface area (Å²) in [7, 11) is 6.30. The first-order chi connectivity index (χ1) is 17.4. The molecule has 2 aliphatic rings. The smallest absolute Gasteiger partial charge is 0.322 e. The molecule has 8 nitrogen and oxygen atoms in total. The van der Waals surface area contributed by atoms with Crippen molar-refractivity contribution >= 4 is 22.8 Å². The van der Waals surface area contributed by atoms with E-state index in [0.29, 0.717) is 12.4 Å². The Morgan fingerprint density at radius 2 is 1.67 bits per heavy atom. The molecule has 6 rings (SSSR count). The summed E-state index contributed by atoms with van der Waals surface area (Å²) in [6.45, 7) is 0.630. The zero-order valence-corrected chi connectivity index (χ0v) is 21.0. The molecule has 1 saturated heterocycles. The van der Waals surface area contributed by atoms with Crippen LogP contribution in [0.25, 0.3) is 22.4 Å². The first kappa shape index (κ1) is 22.7. The summed E-state index contributed by atoms with van der Waals surface area (Å²) >= 11 is 0. The maximum absolute atomic E-state index is 13.1. The molecule has 8 heteroatoms. The Labute approximate surface area is 211 Å². The number of aryl methyl sites for hydroxylation is 1. The second kappa shape index (κ2) is 8.41. The molecular weight excluding hydrogens is 450 g/mol. The van der Waals surface area contributed by atoms with Crippen molar-refractivity contribution in [2.45, 2.75) is 36.8 Å². The number of carbonyl (C=O) groups is 1. The molecule has 2 fully saturated rings. The number of nitrogens with one attached hydrogen (secondary N) is 1. The number of carbonyl (C=O) groups excluding carboxylic acids is 1. The zero-order valence-electron chi connectivity index (χ0n) is 21.0. The van der Waals surface area contributed by atoms with E-state index in [0.717, 1.165) is 48.0 Å². The second-order valence-electron chi connectivity index (χ2n) is 10.4. The number of fused-ring (bicyclic) bond motifs is 1. The van der Waals surface area contributed by atoms with Crippen LogP contribution in [0.5, 0.6) is 0 Å². The Kier molecular flexibility index (Phi) is 5.30. The van der Waals surface area contributed by atoms with Crippen molar-refractivity contribution in [1.29, 1.82) is 0 Å². The van der Waals surface area contributed by atoms with Crippen LogP contribution in [0.4, 0.5) is 10.5 Å². The number of urea groups is 1. The molecule has 1 aliphatic carbocycles. The maximum Gasteiger partial charge on any atom is 0.322 e. The van der Waals surface area contributed by atoms with Gasteiger partial charge in [-0.25, -0.2) is 19.7 Å². The lowest BCUT2D eigenvalue weighted by molar-refractivity contribution is 0.0658. The third-order valence-electron chi connectivity index (χ3n) is 8.24. The van der Waals surface area contributed by atoms with Gasteiger partial charge in [0.15, 0.2) is 5.82 Å². The van der Waals surface area contributed by atoms with Crippen LogP contribution in [-0.4, -0.2) is 56.6 Å². The van der Waals surface area contributed by atoms with Crippen molar-refractivity contribution in [3.63, 3.8) is 0 Å². The van der Waals surface area contributed by atoms with Crippen molar-refractivity contribution in [2.24, 2.45) is 7.05 Å². The molecule has 0 radical (unpaired) electrons. The van der Waals surface area contributed by atoms with Crippen molar-refractivity contribution in [1.82, 2.24) is 29.7 Å². The molecule has 0 atom stereocenters. The molecular formula is C28H31N7O. The maximum atomic E-state index is 13.1. The van der Waals surface area contributed by atoms with Crippen LogP contribution in [0.1, 0.15) is 31.2 Å². The minimum absolute atomic E-state index is 0.0112. The molecule has 0 unspecified atom stereocenters. The summed E-state index contributed by atoms with van der Waals surface area (Å²) in [4.78, 5) is 30.9. The number of hydrogen-bond donors (Lipinski definition) is 1. The van der Waals surface area contributed by atoms with Crippen molar-refractivity contribution < 1.29 is 4.79 Å². The van der Waals surface area contributed by atoms with E-state index in [1.807, 2.05) is 29.9 Å². The van der Waals surface area contributed by atoms with Gasteiger partial charge in [0.25, 0.3) is 0 Å². The highest BCUT2D eigenvalue weighted by Crippen LogP contribution is 2.46. The van der Waals surface area contributed by atoms with Crippen LogP contribution in [0.3, 0.4) is 0 Å². The first-order valence-electron chi connectivity index (χ1n) is 12.5. The van der Waals surface area contributed by atoms with E-state index >= 15 is 0 Å². The van der Waals surface area contributed by atoms with Crippen molar-refractivity contribution in [3.8, 4) is 11.4 Å². The van der Waals surface area contributed by atoms with Gasteiger partial charge < -0.3 is 9.88 Å². The highest BCUT2D eigenvalue weighted by Gasteiger charge is 2.50. The fourth-order valence-electron chi connectivity index (χ4n) is 6.04. The van der Waals surface area contributed by atoms with Gasteiger partial charge in [-0.3, -0.25) is 9.80 Å². The number of amides is 2. The molecule has 2 amide bonds. The lowest BCUT2D eigenvalue weighted by Gasteiger charge is -2.48. The molecule has 36 heavy (non-hydrogen) atoms. The van der Waals surface area contributed by atoms with Gasteiger partial charge in [0.2, 0.25) is 0 Å². The molecule has 1 aromatic carbocycles. The minimum atomic E-state index is -0.231. The van der Waals surface area contributed by atoms with Crippen molar-refractivity contribution in [2.75, 3.05) is 25.5 Å². The third kappa shape index (κ3) is 3.55. The Morgan fingerprint density at radius 3 is 2.36 bits per heavy atom. The lowest BCUT2D eigenvalue weighted by Crippen LogP contribution is -2.54. The van der Waals surface area contributed by atoms with Crippen LogP contribution in [0.2, 0.25) is 0 Å². The number of nitrogens with zero attached hydrogens (tertiary/aromatic N) is 6. The summed E-state index contributed by atoms with van der Waals surface area (Å²) in [6, 6.07) is 14.6. The predicted octanol–water partition coefficient (Wildman–Crippen LogP) is 4.33. The highest BCUT2D eigenvalue weighted by molar-refractivity contribution is 5.95. The largest absolute Gasteiger partial charge is 0.336 e. The number of anilines is 1. The summed E-state index contributed by atoms with van der Waals surface area (Å²) in [5.41, 5.74) is 3.65. The Morgan fingerprint density at radius 1 is 0.944 bits per heavy atom. The molecule has 4 heterocycles. The van der Waals surface area contributed by atoms with E-state index in [1.54, 1.807) is 23.5 Å². The summed E-state index contributed by atoms with van der Waals surface area (Å²) in [6.07, 6.45) is 11.1. The zero-order chi connectivity index (χ0) is 24.9. The average Bonchev–Trinajstić information content (AvgIpc) is 3.44. The molecule has 1 saturated carbocycles. The highest BCUT2D eigenvalue weighted by atomic mass is 16.2. The normalized spacial score (nSPS) is 24.1. The number of rotatable bonds is 4. The minimum Gasteiger partial charge on any atom is -0.336 e. The second-order valence-corrected chi connectivity index (χ2v) is 10.4. The lowest BCUT2D eigenvalue weighted by atomic mass is 9.69. The van der Waals surface area contributed by atoms with Gasteiger partial charge in [0.05, 0.1) is 30.2 Å². The SMILES string of the molecule is Cn1ccc2c(-c3ncc(N4C[C@]5(CC[C@@](c6ccccc6)(N(C)C)CC5)NC4=O)cn3)ccnc21. The van der Waals surface area contributed by atoms with Gasteiger partial charge in [0.1, 0.15) is 5.65 Å². The van der Waals surface area contributed by atoms with E-state index in [4.69, 9.17) is 0 Å². The molecule has 1 N–H and O–H groups in total. The monoisotopic (exact) mass is 481 g/mol. The van der Waals surface area contributed by atoms with E-state index in [2.05, 4.69) is 69.6 Å². The van der Waals surface area contributed by atoms with Crippen LogP contribution in [0.15, 0.2) is 67.3 Å². The summed E-state index contributed by atoms with van der Waals surface area (Å²) < 4.78 is 1.98. The van der Waals surface area contributed by atoms with E-state index < -0.39 is 0 Å². The molecule has 4 aromatic rings. The average molecular weight is 482 g/mol. The molecule has 3 aromatic heterocycles. The number of benzene rings is 1. The number of pyridine rings is 1. The van der Waals surface area contributed by atoms with Gasteiger partial charge >= 0.3 is 6.03 Å². The number of hydrogen-bond acceptors (Lipinski definition) is 5. The van der Waals surface area contributed by atoms with E-state index in [1.165, 1.54) is 5.56 Å². The topological polar surface area (TPSA) is 79.2 Å². The molecule has 1 aliphatic heterocycles. The Bertz CT molecular complexity index is 1400. The predicted molar refractivity (Wildman–Crippen MR) is 141 cm³/mol. The van der Waals surface area contributed by atoms with E-state index in [-0.39, 0.29) is 17.1 Å². The fraction of sp³-hybridized carbons (Fsp3) is 0.357. The van der Waals surface area contributed by atoms with Gasteiger partial charge in [-0.05, 0) is 57.5 Å². The molecule has 0 bridgehead atoms. The Balaban J connectivity index is 1.22. The van der Waals surface area contributed by atoms with Gasteiger partial charge in [-0.1, -0.05) is 30.3 Å².